The summed E-state index contributed by atoms with van der Waals surface area (Å²) in [7, 11) is -3.17. The van der Waals surface area contributed by atoms with Crippen molar-refractivity contribution in [3.63, 3.8) is 0 Å². The van der Waals surface area contributed by atoms with Crippen LogP contribution in [-0.2, 0) is 49.2 Å². The summed E-state index contributed by atoms with van der Waals surface area (Å²) in [5, 5.41) is 0. The fourth-order valence-electron chi connectivity index (χ4n) is 1.64. The van der Waals surface area contributed by atoms with Crippen molar-refractivity contribution >= 4 is 15.7 Å². The average molecular weight is 300 g/mol. The van der Waals surface area contributed by atoms with Crippen LogP contribution in [0.1, 0.15) is 12.1 Å². The Bertz CT molecular complexity index is 447. The van der Waals surface area contributed by atoms with Gasteiger partial charge in [-0.05, 0) is 18.5 Å². The van der Waals surface area contributed by atoms with Crippen LogP contribution >= 0.6 is 0 Å². The molecule has 2 rings (SSSR count). The summed E-state index contributed by atoms with van der Waals surface area (Å²) in [6.45, 7) is 0.547. The van der Waals surface area contributed by atoms with Gasteiger partial charge >= 0.3 is 0 Å². The van der Waals surface area contributed by atoms with Gasteiger partial charge < -0.3 is 4.31 Å². The van der Waals surface area contributed by atoms with Crippen LogP contribution in [0.4, 0.5) is 5.69 Å². The van der Waals surface area contributed by atoms with Crippen molar-refractivity contribution in [1.29, 1.82) is 0 Å². The third kappa shape index (κ3) is 2.77. The van der Waals surface area contributed by atoms with Gasteiger partial charge in [-0.3, -0.25) is 4.98 Å². The summed E-state index contributed by atoms with van der Waals surface area (Å²) in [6, 6.07) is 4.49. The van der Waals surface area contributed by atoms with E-state index < -0.39 is 10.0 Å². The minimum Gasteiger partial charge on any atom is -0.347 e. The summed E-state index contributed by atoms with van der Waals surface area (Å²) in [5.74, 6) is 0. The summed E-state index contributed by atoms with van der Waals surface area (Å²) in [6.07, 6.45) is 4.47. The first kappa shape index (κ1) is 13.1. The Hall–Kier alpha value is 0.00390. The molecule has 0 aromatic carbocycles. The van der Waals surface area contributed by atoms with Crippen molar-refractivity contribution in [2.24, 2.45) is 0 Å². The second-order valence-corrected chi connectivity index (χ2v) is 5.25. The fourth-order valence-corrected chi connectivity index (χ4v) is 2.62. The quantitative estimate of drug-likeness (QED) is 0.713. The summed E-state index contributed by atoms with van der Waals surface area (Å²) >= 11 is 0. The normalized spacial score (nSPS) is 15.4. The molecule has 15 heavy (non-hydrogen) atoms. The van der Waals surface area contributed by atoms with Crippen LogP contribution in [-0.4, -0.2) is 26.2 Å². The van der Waals surface area contributed by atoms with Crippen molar-refractivity contribution in [3.05, 3.63) is 24.0 Å². The van der Waals surface area contributed by atoms with Crippen molar-refractivity contribution in [2.75, 3.05) is 17.1 Å². The Kier molecular flexibility index (Phi) is 4.26. The first-order chi connectivity index (χ1) is 6.59. The molecule has 0 atom stereocenters. The van der Waals surface area contributed by atoms with Gasteiger partial charge in [-0.2, -0.15) is 0 Å². The number of sulfonamides is 1. The summed E-state index contributed by atoms with van der Waals surface area (Å²) in [4.78, 5) is 4.12. The van der Waals surface area contributed by atoms with E-state index in [9.17, 15) is 8.42 Å². The minimum atomic E-state index is -3.17. The Labute approximate surface area is 115 Å². The molecular formula is C9H11N2O2SY-. The van der Waals surface area contributed by atoms with E-state index in [1.54, 1.807) is 12.3 Å². The molecule has 1 radical (unpaired) electrons. The number of rotatable bonds is 1. The number of anilines is 1. The number of pyridine rings is 1. The van der Waals surface area contributed by atoms with Crippen molar-refractivity contribution in [1.82, 2.24) is 4.98 Å². The van der Waals surface area contributed by atoms with Crippen molar-refractivity contribution in [3.8, 4) is 0 Å². The number of fused-ring (bicyclic) bond motifs is 1. The largest absolute Gasteiger partial charge is 0.347 e. The predicted octanol–water partition coefficient (Wildman–Crippen LogP) is 0.591. The molecule has 0 fully saturated rings. The number of nitrogens with zero attached hydrogens (tertiary/aromatic N) is 2. The molecule has 2 heterocycles. The van der Waals surface area contributed by atoms with E-state index in [1.165, 1.54) is 10.6 Å². The molecule has 1 aromatic heterocycles. The van der Waals surface area contributed by atoms with Crippen molar-refractivity contribution < 1.29 is 41.1 Å². The SMILES string of the molecule is CS(=O)(=O)N1CCCc2nc[c-]cc21.[Y]. The maximum atomic E-state index is 11.4. The van der Waals surface area contributed by atoms with Crippen molar-refractivity contribution in [2.45, 2.75) is 12.8 Å². The molecule has 0 N–H and O–H groups in total. The number of aromatic nitrogens is 1. The maximum absolute atomic E-state index is 11.4. The summed E-state index contributed by atoms with van der Waals surface area (Å²) in [5.41, 5.74) is 1.53. The molecule has 6 heteroatoms. The van der Waals surface area contributed by atoms with Gasteiger partial charge in [-0.25, -0.2) is 20.6 Å². The molecular weight excluding hydrogens is 289 g/mol. The zero-order valence-electron chi connectivity index (χ0n) is 8.47. The molecule has 1 aromatic rings. The van der Waals surface area contributed by atoms with E-state index in [1.807, 2.05) is 0 Å². The maximum Gasteiger partial charge on any atom is 0.217 e. The zero-order valence-corrected chi connectivity index (χ0v) is 12.1. The van der Waals surface area contributed by atoms with E-state index in [4.69, 9.17) is 0 Å². The molecule has 4 nitrogen and oxygen atoms in total. The Balaban J connectivity index is 0.00000112. The second kappa shape index (κ2) is 4.89. The van der Waals surface area contributed by atoms with Gasteiger partial charge in [0, 0.05) is 39.3 Å². The monoisotopic (exact) mass is 300 g/mol. The first-order valence-electron chi connectivity index (χ1n) is 4.42. The van der Waals surface area contributed by atoms with Gasteiger partial charge in [0.25, 0.3) is 0 Å². The third-order valence-electron chi connectivity index (χ3n) is 2.25. The molecule has 1 aliphatic rings. The van der Waals surface area contributed by atoms with Gasteiger partial charge in [-0.1, -0.05) is 11.9 Å². The third-order valence-corrected chi connectivity index (χ3v) is 3.43. The summed E-state index contributed by atoms with van der Waals surface area (Å²) < 4.78 is 24.3. The molecule has 79 valence electrons. The molecule has 0 unspecified atom stereocenters. The molecule has 1 aliphatic heterocycles. The van der Waals surface area contributed by atoms with Crippen LogP contribution in [0.15, 0.2) is 12.3 Å². The molecule has 0 saturated heterocycles. The van der Waals surface area contributed by atoms with E-state index >= 15 is 0 Å². The number of aryl methyl sites for hydroxylation is 1. The van der Waals surface area contributed by atoms with Gasteiger partial charge in [0.1, 0.15) is 0 Å². The molecule has 0 amide bonds. The van der Waals surface area contributed by atoms with E-state index in [0.29, 0.717) is 12.2 Å². The topological polar surface area (TPSA) is 50.3 Å². The van der Waals surface area contributed by atoms with E-state index in [-0.39, 0.29) is 32.7 Å². The van der Waals surface area contributed by atoms with Gasteiger partial charge in [-0.15, -0.1) is 0 Å². The molecule has 0 bridgehead atoms. The van der Waals surface area contributed by atoms with Crippen LogP contribution in [0.3, 0.4) is 0 Å². The second-order valence-electron chi connectivity index (χ2n) is 3.34. The Morgan fingerprint density at radius 3 is 2.93 bits per heavy atom. The standard InChI is InChI=1S/C9H11N2O2S.Y/c1-14(12,13)11-7-3-4-8-9(11)5-2-6-10-8;/h5-6H,3-4,7H2,1H3;/q-1;. The zero-order chi connectivity index (χ0) is 10.2. The van der Waals surface area contributed by atoms with E-state index in [2.05, 4.69) is 11.1 Å². The molecule has 0 saturated carbocycles. The van der Waals surface area contributed by atoms with Gasteiger partial charge in [0.2, 0.25) is 10.0 Å². The Morgan fingerprint density at radius 1 is 1.53 bits per heavy atom. The van der Waals surface area contributed by atoms with Gasteiger partial charge in [0.05, 0.1) is 6.26 Å². The van der Waals surface area contributed by atoms with Crippen LogP contribution in [0.25, 0.3) is 0 Å². The minimum absolute atomic E-state index is 0. The van der Waals surface area contributed by atoms with Crippen LogP contribution in [0.2, 0.25) is 0 Å². The van der Waals surface area contributed by atoms with Crippen LogP contribution in [0, 0.1) is 6.07 Å². The molecule has 0 aliphatic carbocycles. The number of hydrogen-bond acceptors (Lipinski definition) is 3. The van der Waals surface area contributed by atoms with E-state index in [0.717, 1.165) is 18.5 Å². The van der Waals surface area contributed by atoms with Crippen LogP contribution in [0.5, 0.6) is 0 Å². The predicted molar refractivity (Wildman–Crippen MR) is 53.6 cm³/mol. The Morgan fingerprint density at radius 2 is 2.27 bits per heavy atom. The smallest absolute Gasteiger partial charge is 0.217 e. The fraction of sp³-hybridized carbons (Fsp3) is 0.444. The van der Waals surface area contributed by atoms with Crippen LogP contribution < -0.4 is 4.31 Å². The average Bonchev–Trinajstić information content (AvgIpc) is 2.15. The molecule has 0 spiro atoms. The van der Waals surface area contributed by atoms with Gasteiger partial charge in [0.15, 0.2) is 0 Å². The number of hydrogen-bond donors (Lipinski definition) is 0. The first-order valence-corrected chi connectivity index (χ1v) is 6.26.